The normalized spacial score (nSPS) is 18.9. The molecular formula is C17H26N2O. The predicted molar refractivity (Wildman–Crippen MR) is 84.3 cm³/mol. The first-order valence-electron chi connectivity index (χ1n) is 7.79. The Kier molecular flexibility index (Phi) is 5.05. The highest BCUT2D eigenvalue weighted by atomic mass is 16.2. The van der Waals surface area contributed by atoms with E-state index in [1.54, 1.807) is 0 Å². The van der Waals surface area contributed by atoms with E-state index in [9.17, 15) is 4.79 Å². The number of carbonyl (C=O) groups excluding carboxylic acids is 1. The molecule has 1 unspecified atom stereocenters. The summed E-state index contributed by atoms with van der Waals surface area (Å²) in [7, 11) is 0. The standard InChI is InChI=1S/C17H26N2O/c1-4-10-18-16-9-8-15(12-13(16)2)17(20)19-11-6-5-7-14(19)3/h8-9,12,14,18H,4-7,10-11H2,1-3H3. The van der Waals surface area contributed by atoms with Crippen molar-refractivity contribution in [3.8, 4) is 0 Å². The molecule has 0 spiro atoms. The fourth-order valence-corrected chi connectivity index (χ4v) is 2.82. The second-order valence-corrected chi connectivity index (χ2v) is 5.80. The number of piperidine rings is 1. The summed E-state index contributed by atoms with van der Waals surface area (Å²) >= 11 is 0. The molecule has 0 bridgehead atoms. The number of aryl methyl sites for hydroxylation is 1. The van der Waals surface area contributed by atoms with Crippen LogP contribution >= 0.6 is 0 Å². The van der Waals surface area contributed by atoms with E-state index in [0.717, 1.165) is 49.2 Å². The van der Waals surface area contributed by atoms with Crippen molar-refractivity contribution in [1.82, 2.24) is 4.90 Å². The highest BCUT2D eigenvalue weighted by molar-refractivity contribution is 5.95. The summed E-state index contributed by atoms with van der Waals surface area (Å²) in [5, 5.41) is 3.39. The number of nitrogens with one attached hydrogen (secondary N) is 1. The topological polar surface area (TPSA) is 32.3 Å². The lowest BCUT2D eigenvalue weighted by atomic mass is 10.0. The first kappa shape index (κ1) is 14.9. The van der Waals surface area contributed by atoms with Crippen LogP contribution in [-0.4, -0.2) is 29.9 Å². The van der Waals surface area contributed by atoms with Crippen LogP contribution in [0.5, 0.6) is 0 Å². The van der Waals surface area contributed by atoms with E-state index in [1.165, 1.54) is 6.42 Å². The molecule has 0 aliphatic carbocycles. The number of likely N-dealkylation sites (tertiary alicyclic amines) is 1. The molecule has 1 N–H and O–H groups in total. The highest BCUT2D eigenvalue weighted by Gasteiger charge is 2.24. The molecule has 3 nitrogen and oxygen atoms in total. The molecule has 0 aromatic heterocycles. The number of carbonyl (C=O) groups is 1. The van der Waals surface area contributed by atoms with Crippen LogP contribution in [0.2, 0.25) is 0 Å². The van der Waals surface area contributed by atoms with E-state index < -0.39 is 0 Å². The Morgan fingerprint density at radius 1 is 1.40 bits per heavy atom. The first-order chi connectivity index (χ1) is 9.63. The summed E-state index contributed by atoms with van der Waals surface area (Å²) in [6, 6.07) is 6.37. The quantitative estimate of drug-likeness (QED) is 0.905. The average molecular weight is 274 g/mol. The van der Waals surface area contributed by atoms with Gasteiger partial charge in [-0.05, 0) is 63.3 Å². The molecule has 1 fully saturated rings. The van der Waals surface area contributed by atoms with E-state index in [4.69, 9.17) is 0 Å². The van der Waals surface area contributed by atoms with Crippen LogP contribution in [0.25, 0.3) is 0 Å². The summed E-state index contributed by atoms with van der Waals surface area (Å²) in [5.74, 6) is 0.183. The van der Waals surface area contributed by atoms with Crippen molar-refractivity contribution in [3.63, 3.8) is 0 Å². The zero-order valence-corrected chi connectivity index (χ0v) is 12.9. The van der Waals surface area contributed by atoms with Crippen molar-refractivity contribution in [3.05, 3.63) is 29.3 Å². The van der Waals surface area contributed by atoms with Crippen molar-refractivity contribution < 1.29 is 4.79 Å². The minimum absolute atomic E-state index is 0.183. The van der Waals surface area contributed by atoms with Crippen molar-refractivity contribution in [2.24, 2.45) is 0 Å². The Hall–Kier alpha value is -1.51. The van der Waals surface area contributed by atoms with E-state index in [0.29, 0.717) is 6.04 Å². The van der Waals surface area contributed by atoms with Gasteiger partial charge >= 0.3 is 0 Å². The lowest BCUT2D eigenvalue weighted by Gasteiger charge is -2.33. The fourth-order valence-electron chi connectivity index (χ4n) is 2.82. The van der Waals surface area contributed by atoms with Gasteiger partial charge in [-0.1, -0.05) is 6.92 Å². The molecular weight excluding hydrogens is 248 g/mol. The molecule has 20 heavy (non-hydrogen) atoms. The Balaban J connectivity index is 2.12. The molecule has 0 radical (unpaired) electrons. The van der Waals surface area contributed by atoms with Crippen LogP contribution in [0.1, 0.15) is 55.5 Å². The number of rotatable bonds is 4. The number of hydrogen-bond acceptors (Lipinski definition) is 2. The van der Waals surface area contributed by atoms with E-state index >= 15 is 0 Å². The summed E-state index contributed by atoms with van der Waals surface area (Å²) in [5.41, 5.74) is 3.10. The molecule has 2 rings (SSSR count). The maximum Gasteiger partial charge on any atom is 0.254 e. The molecule has 1 saturated heterocycles. The van der Waals surface area contributed by atoms with Crippen LogP contribution in [0.3, 0.4) is 0 Å². The molecule has 1 amide bonds. The Labute approximate surface area is 122 Å². The largest absolute Gasteiger partial charge is 0.385 e. The lowest BCUT2D eigenvalue weighted by Crippen LogP contribution is -2.42. The monoisotopic (exact) mass is 274 g/mol. The first-order valence-corrected chi connectivity index (χ1v) is 7.79. The van der Waals surface area contributed by atoms with Gasteiger partial charge < -0.3 is 10.2 Å². The molecule has 1 aliphatic rings. The van der Waals surface area contributed by atoms with Crippen LogP contribution in [0.15, 0.2) is 18.2 Å². The minimum atomic E-state index is 0.183. The van der Waals surface area contributed by atoms with Gasteiger partial charge in [0.15, 0.2) is 0 Å². The van der Waals surface area contributed by atoms with Gasteiger partial charge in [-0.3, -0.25) is 4.79 Å². The number of anilines is 1. The molecule has 110 valence electrons. The fraction of sp³-hybridized carbons (Fsp3) is 0.588. The van der Waals surface area contributed by atoms with Crippen LogP contribution in [0.4, 0.5) is 5.69 Å². The Bertz CT molecular complexity index is 470. The molecule has 1 heterocycles. The summed E-state index contributed by atoms with van der Waals surface area (Å²) < 4.78 is 0. The molecule has 0 saturated carbocycles. The third kappa shape index (κ3) is 3.33. The van der Waals surface area contributed by atoms with Gasteiger partial charge in [0.25, 0.3) is 5.91 Å². The third-order valence-electron chi connectivity index (χ3n) is 4.10. The second-order valence-electron chi connectivity index (χ2n) is 5.80. The van der Waals surface area contributed by atoms with Crippen LogP contribution in [-0.2, 0) is 0 Å². The van der Waals surface area contributed by atoms with Gasteiger partial charge in [-0.2, -0.15) is 0 Å². The van der Waals surface area contributed by atoms with Gasteiger partial charge in [0.2, 0.25) is 0 Å². The predicted octanol–water partition coefficient (Wildman–Crippen LogP) is 3.83. The average Bonchev–Trinajstić information content (AvgIpc) is 2.46. The Morgan fingerprint density at radius 3 is 2.85 bits per heavy atom. The van der Waals surface area contributed by atoms with Crippen molar-refractivity contribution >= 4 is 11.6 Å². The van der Waals surface area contributed by atoms with Gasteiger partial charge in [-0.15, -0.1) is 0 Å². The summed E-state index contributed by atoms with van der Waals surface area (Å²) in [6.07, 6.45) is 4.60. The smallest absolute Gasteiger partial charge is 0.254 e. The number of nitrogens with zero attached hydrogens (tertiary/aromatic N) is 1. The molecule has 3 heteroatoms. The zero-order valence-electron chi connectivity index (χ0n) is 12.9. The Morgan fingerprint density at radius 2 is 2.20 bits per heavy atom. The summed E-state index contributed by atoms with van der Waals surface area (Å²) in [4.78, 5) is 14.6. The second kappa shape index (κ2) is 6.78. The van der Waals surface area contributed by atoms with Gasteiger partial charge in [0, 0.05) is 30.4 Å². The maximum atomic E-state index is 12.6. The third-order valence-corrected chi connectivity index (χ3v) is 4.10. The van der Waals surface area contributed by atoms with E-state index in [1.807, 2.05) is 23.1 Å². The van der Waals surface area contributed by atoms with Gasteiger partial charge in [-0.25, -0.2) is 0 Å². The number of benzene rings is 1. The molecule has 1 aromatic rings. The molecule has 1 aromatic carbocycles. The zero-order chi connectivity index (χ0) is 14.5. The van der Waals surface area contributed by atoms with E-state index in [-0.39, 0.29) is 5.91 Å². The van der Waals surface area contributed by atoms with Crippen molar-refractivity contribution in [2.45, 2.75) is 52.5 Å². The highest BCUT2D eigenvalue weighted by Crippen LogP contribution is 2.22. The maximum absolute atomic E-state index is 12.6. The lowest BCUT2D eigenvalue weighted by molar-refractivity contribution is 0.0635. The summed E-state index contributed by atoms with van der Waals surface area (Å²) in [6.45, 7) is 8.24. The minimum Gasteiger partial charge on any atom is -0.385 e. The number of amides is 1. The molecule has 1 aliphatic heterocycles. The van der Waals surface area contributed by atoms with Crippen LogP contribution < -0.4 is 5.32 Å². The van der Waals surface area contributed by atoms with Crippen molar-refractivity contribution in [2.75, 3.05) is 18.4 Å². The SMILES string of the molecule is CCCNc1ccc(C(=O)N2CCCCC2C)cc1C. The number of hydrogen-bond donors (Lipinski definition) is 1. The van der Waals surface area contributed by atoms with Gasteiger partial charge in [0.05, 0.1) is 0 Å². The van der Waals surface area contributed by atoms with E-state index in [2.05, 4.69) is 26.1 Å². The van der Waals surface area contributed by atoms with Crippen molar-refractivity contribution in [1.29, 1.82) is 0 Å². The van der Waals surface area contributed by atoms with Crippen LogP contribution in [0, 0.1) is 6.92 Å². The van der Waals surface area contributed by atoms with Gasteiger partial charge in [0.1, 0.15) is 0 Å². The molecule has 1 atom stereocenters.